The molecule has 2 heterocycles. The maximum absolute atomic E-state index is 14.2. The van der Waals surface area contributed by atoms with E-state index < -0.39 is 24.0 Å². The molecule has 0 saturated carbocycles. The molecule has 1 aliphatic heterocycles. The molecule has 0 unspecified atom stereocenters. The number of hydrogen-bond donors (Lipinski definition) is 1. The number of halogens is 2. The van der Waals surface area contributed by atoms with Gasteiger partial charge >= 0.3 is 5.97 Å². The van der Waals surface area contributed by atoms with Crippen LogP contribution in [-0.4, -0.2) is 28.3 Å². The number of cyclic esters (lactones) is 1. The first-order valence-electron chi connectivity index (χ1n) is 9.06. The van der Waals surface area contributed by atoms with E-state index in [1.54, 1.807) is 18.3 Å². The SMILES string of the molecule is O=C1C[C@H](O)C[C@@H](/C=C/c2cnc3cc(Cl)c(F)cc3c2Sc2ccccc2)O1. The van der Waals surface area contributed by atoms with Crippen molar-refractivity contribution in [3.05, 3.63) is 71.1 Å². The maximum atomic E-state index is 14.2. The molecule has 0 amide bonds. The number of hydrogen-bond acceptors (Lipinski definition) is 5. The molecule has 1 aromatic heterocycles. The first-order valence-corrected chi connectivity index (χ1v) is 10.3. The number of rotatable bonds is 4. The van der Waals surface area contributed by atoms with Gasteiger partial charge in [-0.15, -0.1) is 0 Å². The highest BCUT2D eigenvalue weighted by Crippen LogP contribution is 2.37. The fraction of sp³-hybridized carbons (Fsp3) is 0.182. The number of pyridine rings is 1. The van der Waals surface area contributed by atoms with Gasteiger partial charge in [0.15, 0.2) is 0 Å². The van der Waals surface area contributed by atoms with Crippen LogP contribution in [0.2, 0.25) is 5.02 Å². The van der Waals surface area contributed by atoms with E-state index in [1.807, 2.05) is 30.3 Å². The number of aromatic nitrogens is 1. The molecule has 7 heteroatoms. The van der Waals surface area contributed by atoms with Crippen molar-refractivity contribution in [1.82, 2.24) is 4.98 Å². The molecule has 0 radical (unpaired) electrons. The van der Waals surface area contributed by atoms with Crippen molar-refractivity contribution in [3.63, 3.8) is 0 Å². The third-order valence-corrected chi connectivity index (χ3v) is 5.99. The number of carbonyl (C=O) groups is 1. The molecule has 4 rings (SSSR count). The van der Waals surface area contributed by atoms with Crippen molar-refractivity contribution in [2.75, 3.05) is 0 Å². The lowest BCUT2D eigenvalue weighted by Crippen LogP contribution is -2.31. The summed E-state index contributed by atoms with van der Waals surface area (Å²) in [6.45, 7) is 0. The summed E-state index contributed by atoms with van der Waals surface area (Å²) in [5.41, 5.74) is 1.34. The molecule has 29 heavy (non-hydrogen) atoms. The van der Waals surface area contributed by atoms with E-state index in [4.69, 9.17) is 16.3 Å². The van der Waals surface area contributed by atoms with Crippen molar-refractivity contribution in [3.8, 4) is 0 Å². The summed E-state index contributed by atoms with van der Waals surface area (Å²) in [4.78, 5) is 17.8. The van der Waals surface area contributed by atoms with Gasteiger partial charge < -0.3 is 9.84 Å². The van der Waals surface area contributed by atoms with Crippen molar-refractivity contribution < 1.29 is 19.0 Å². The van der Waals surface area contributed by atoms with Gasteiger partial charge in [0.2, 0.25) is 0 Å². The van der Waals surface area contributed by atoms with Crippen LogP contribution >= 0.6 is 23.4 Å². The number of nitrogens with zero attached hydrogens (tertiary/aromatic N) is 1. The molecule has 1 N–H and O–H groups in total. The lowest BCUT2D eigenvalue weighted by Gasteiger charge is -2.23. The second kappa shape index (κ2) is 8.53. The van der Waals surface area contributed by atoms with Crippen LogP contribution in [-0.2, 0) is 9.53 Å². The summed E-state index contributed by atoms with van der Waals surface area (Å²) in [6.07, 6.45) is 4.32. The predicted octanol–water partition coefficient (Wildman–Crippen LogP) is 5.26. The van der Waals surface area contributed by atoms with Crippen LogP contribution in [0.4, 0.5) is 4.39 Å². The van der Waals surface area contributed by atoms with Crippen LogP contribution in [0.1, 0.15) is 18.4 Å². The highest BCUT2D eigenvalue weighted by atomic mass is 35.5. The molecule has 148 valence electrons. The van der Waals surface area contributed by atoms with Crippen molar-refractivity contribution in [2.24, 2.45) is 0 Å². The van der Waals surface area contributed by atoms with Crippen molar-refractivity contribution >= 4 is 46.3 Å². The summed E-state index contributed by atoms with van der Waals surface area (Å²) < 4.78 is 19.5. The van der Waals surface area contributed by atoms with Gasteiger partial charge in [0.1, 0.15) is 11.9 Å². The molecule has 0 spiro atoms. The lowest BCUT2D eigenvalue weighted by atomic mass is 10.0. The summed E-state index contributed by atoms with van der Waals surface area (Å²) >= 11 is 7.41. The number of ether oxygens (including phenoxy) is 1. The number of esters is 1. The van der Waals surface area contributed by atoms with Gasteiger partial charge in [-0.25, -0.2) is 4.39 Å². The molecule has 2 atom stereocenters. The third kappa shape index (κ3) is 4.61. The minimum absolute atomic E-state index is 0.0109. The Hall–Kier alpha value is -2.41. The molecule has 4 nitrogen and oxygen atoms in total. The zero-order chi connectivity index (χ0) is 20.4. The number of fused-ring (bicyclic) bond motifs is 1. The van der Waals surface area contributed by atoms with Crippen molar-refractivity contribution in [1.29, 1.82) is 0 Å². The third-order valence-electron chi connectivity index (χ3n) is 4.53. The van der Waals surface area contributed by atoms with Gasteiger partial charge in [-0.05, 0) is 30.3 Å². The summed E-state index contributed by atoms with van der Waals surface area (Å²) in [6, 6.07) is 12.6. The van der Waals surface area contributed by atoms with E-state index in [-0.39, 0.29) is 11.4 Å². The maximum Gasteiger partial charge on any atom is 0.309 e. The van der Waals surface area contributed by atoms with Gasteiger partial charge in [-0.3, -0.25) is 9.78 Å². The van der Waals surface area contributed by atoms with E-state index in [0.717, 1.165) is 15.4 Å². The summed E-state index contributed by atoms with van der Waals surface area (Å²) in [5.74, 6) is -0.938. The minimum atomic E-state index is -0.713. The molecule has 1 aliphatic rings. The normalized spacial score (nSPS) is 19.6. The number of benzene rings is 2. The van der Waals surface area contributed by atoms with Crippen LogP contribution in [0.3, 0.4) is 0 Å². The van der Waals surface area contributed by atoms with Crippen LogP contribution in [0.15, 0.2) is 64.5 Å². The van der Waals surface area contributed by atoms with Crippen LogP contribution in [0, 0.1) is 5.82 Å². The Labute approximate surface area is 176 Å². The Morgan fingerprint density at radius 2 is 2.07 bits per heavy atom. The van der Waals surface area contributed by atoms with Gasteiger partial charge in [-0.1, -0.05) is 47.6 Å². The molecule has 2 aromatic carbocycles. The Morgan fingerprint density at radius 1 is 1.28 bits per heavy atom. The molecular formula is C22H17ClFNO3S. The van der Waals surface area contributed by atoms with Crippen LogP contribution < -0.4 is 0 Å². The average Bonchev–Trinajstić information content (AvgIpc) is 2.69. The molecule has 1 saturated heterocycles. The monoisotopic (exact) mass is 429 g/mol. The summed E-state index contributed by atoms with van der Waals surface area (Å²) in [7, 11) is 0. The van der Waals surface area contributed by atoms with Crippen LogP contribution in [0.5, 0.6) is 0 Å². The van der Waals surface area contributed by atoms with E-state index in [2.05, 4.69) is 4.98 Å². The van der Waals surface area contributed by atoms with Gasteiger partial charge in [0.05, 0.1) is 23.1 Å². The average molecular weight is 430 g/mol. The predicted molar refractivity (Wildman–Crippen MR) is 111 cm³/mol. The zero-order valence-electron chi connectivity index (χ0n) is 15.2. The molecule has 0 aliphatic carbocycles. The fourth-order valence-electron chi connectivity index (χ4n) is 3.16. The number of aliphatic hydroxyl groups is 1. The standard InChI is InChI=1S/C22H17ClFNO3S/c23-18-11-20-17(10-19(18)24)22(29-16-4-2-1-3-5-16)13(12-25-20)6-7-15-8-14(26)9-21(27)28-15/h1-7,10-12,14-15,26H,8-9H2/b7-6+/t14-,15-/m1/s1. The largest absolute Gasteiger partial charge is 0.458 e. The first-order chi connectivity index (χ1) is 14.0. The minimum Gasteiger partial charge on any atom is -0.458 e. The van der Waals surface area contributed by atoms with Crippen LogP contribution in [0.25, 0.3) is 17.0 Å². The first kappa shape index (κ1) is 19.9. The summed E-state index contributed by atoms with van der Waals surface area (Å²) in [5, 5.41) is 10.5. The van der Waals surface area contributed by atoms with E-state index in [0.29, 0.717) is 17.3 Å². The van der Waals surface area contributed by atoms with E-state index in [1.165, 1.54) is 23.9 Å². The number of aliphatic hydroxyl groups excluding tert-OH is 1. The molecule has 0 bridgehead atoms. The second-order valence-corrected chi connectivity index (χ2v) is 8.21. The number of carbonyl (C=O) groups excluding carboxylic acids is 1. The Morgan fingerprint density at radius 3 is 2.83 bits per heavy atom. The van der Waals surface area contributed by atoms with E-state index >= 15 is 0 Å². The van der Waals surface area contributed by atoms with Gasteiger partial charge in [-0.2, -0.15) is 0 Å². The van der Waals surface area contributed by atoms with Gasteiger partial charge in [0, 0.05) is 33.4 Å². The fourth-order valence-corrected chi connectivity index (χ4v) is 4.35. The topological polar surface area (TPSA) is 59.4 Å². The Bertz CT molecular complexity index is 1090. The highest BCUT2D eigenvalue weighted by Gasteiger charge is 2.25. The smallest absolute Gasteiger partial charge is 0.309 e. The highest BCUT2D eigenvalue weighted by molar-refractivity contribution is 7.99. The second-order valence-electron chi connectivity index (χ2n) is 6.72. The van der Waals surface area contributed by atoms with Crippen molar-refractivity contribution in [2.45, 2.75) is 34.8 Å². The molecule has 1 fully saturated rings. The zero-order valence-corrected chi connectivity index (χ0v) is 16.8. The van der Waals surface area contributed by atoms with E-state index in [9.17, 15) is 14.3 Å². The lowest BCUT2D eigenvalue weighted by molar-refractivity contribution is -0.156. The van der Waals surface area contributed by atoms with Gasteiger partial charge in [0.25, 0.3) is 0 Å². The molecule has 3 aromatic rings. The quantitative estimate of drug-likeness (QED) is 0.573. The molecular weight excluding hydrogens is 413 g/mol. The Kier molecular flexibility index (Phi) is 5.85. The Balaban J connectivity index is 1.76.